The summed E-state index contributed by atoms with van der Waals surface area (Å²) in [4.78, 5) is 0. The van der Waals surface area contributed by atoms with Gasteiger partial charge in [0.1, 0.15) is 12.4 Å². The lowest BCUT2D eigenvalue weighted by molar-refractivity contribution is 0.281. The van der Waals surface area contributed by atoms with Gasteiger partial charge in [0, 0.05) is 11.6 Å². The highest BCUT2D eigenvalue weighted by Crippen LogP contribution is 2.23. The van der Waals surface area contributed by atoms with Gasteiger partial charge >= 0.3 is 0 Å². The van der Waals surface area contributed by atoms with Crippen LogP contribution >= 0.6 is 11.6 Å². The molecular formula is C15H16ClNO2. The summed E-state index contributed by atoms with van der Waals surface area (Å²) in [6.07, 6.45) is 0. The normalized spacial score (nSPS) is 10.5. The average Bonchev–Trinajstić information content (AvgIpc) is 2.46. The minimum absolute atomic E-state index is 0.0529. The van der Waals surface area contributed by atoms with Crippen LogP contribution in [0.1, 0.15) is 16.7 Å². The fraction of sp³-hybridized carbons (Fsp3) is 0.200. The second-order valence-corrected chi connectivity index (χ2v) is 4.63. The molecule has 3 N–H and O–H groups in total. The molecule has 2 rings (SSSR count). The Labute approximate surface area is 117 Å². The van der Waals surface area contributed by atoms with Crippen LogP contribution < -0.4 is 10.5 Å². The highest BCUT2D eigenvalue weighted by molar-refractivity contribution is 6.31. The first kappa shape index (κ1) is 13.9. The Morgan fingerprint density at radius 1 is 1.05 bits per heavy atom. The van der Waals surface area contributed by atoms with Crippen LogP contribution in [0.2, 0.25) is 5.02 Å². The van der Waals surface area contributed by atoms with Crippen molar-refractivity contribution in [3.05, 3.63) is 64.2 Å². The van der Waals surface area contributed by atoms with Gasteiger partial charge in [0.15, 0.2) is 0 Å². The minimum atomic E-state index is 0.0529. The number of aliphatic hydroxyl groups excluding tert-OH is 1. The maximum atomic E-state index is 8.96. The molecule has 0 amide bonds. The van der Waals surface area contributed by atoms with E-state index in [9.17, 15) is 0 Å². The highest BCUT2D eigenvalue weighted by Gasteiger charge is 2.02. The zero-order valence-electron chi connectivity index (χ0n) is 10.5. The molecule has 0 heterocycles. The van der Waals surface area contributed by atoms with Crippen LogP contribution in [0.4, 0.5) is 0 Å². The van der Waals surface area contributed by atoms with E-state index in [0.29, 0.717) is 23.9 Å². The Hall–Kier alpha value is -1.55. The Morgan fingerprint density at radius 2 is 1.74 bits per heavy atom. The second kappa shape index (κ2) is 6.57. The summed E-state index contributed by atoms with van der Waals surface area (Å²) in [6.45, 7) is 0.934. The predicted molar refractivity (Wildman–Crippen MR) is 76.0 cm³/mol. The smallest absolute Gasteiger partial charge is 0.121 e. The lowest BCUT2D eigenvalue weighted by Gasteiger charge is -2.09. The van der Waals surface area contributed by atoms with E-state index in [0.717, 1.165) is 16.7 Å². The molecule has 0 aliphatic rings. The molecule has 0 bridgehead atoms. The van der Waals surface area contributed by atoms with Gasteiger partial charge in [-0.15, -0.1) is 0 Å². The molecule has 0 spiro atoms. The number of halogens is 1. The fourth-order valence-corrected chi connectivity index (χ4v) is 1.94. The van der Waals surface area contributed by atoms with Crippen molar-refractivity contribution in [2.75, 3.05) is 0 Å². The first-order chi connectivity index (χ1) is 9.22. The molecule has 2 aromatic rings. The van der Waals surface area contributed by atoms with Gasteiger partial charge in [-0.2, -0.15) is 0 Å². The van der Waals surface area contributed by atoms with E-state index in [-0.39, 0.29) is 6.61 Å². The summed E-state index contributed by atoms with van der Waals surface area (Å²) in [6, 6.07) is 13.1. The summed E-state index contributed by atoms with van der Waals surface area (Å²) < 4.78 is 5.66. The van der Waals surface area contributed by atoms with Crippen molar-refractivity contribution in [2.45, 2.75) is 19.8 Å². The van der Waals surface area contributed by atoms with Crippen LogP contribution in [0, 0.1) is 0 Å². The molecular weight excluding hydrogens is 262 g/mol. The van der Waals surface area contributed by atoms with Crippen molar-refractivity contribution in [1.82, 2.24) is 0 Å². The summed E-state index contributed by atoms with van der Waals surface area (Å²) in [5.74, 6) is 0.716. The third-order valence-electron chi connectivity index (χ3n) is 2.86. The van der Waals surface area contributed by atoms with E-state index in [2.05, 4.69) is 0 Å². The average molecular weight is 278 g/mol. The van der Waals surface area contributed by atoms with E-state index in [1.807, 2.05) is 36.4 Å². The van der Waals surface area contributed by atoms with Crippen molar-refractivity contribution in [3.8, 4) is 5.75 Å². The Morgan fingerprint density at radius 3 is 2.32 bits per heavy atom. The van der Waals surface area contributed by atoms with Gasteiger partial charge in [-0.1, -0.05) is 41.9 Å². The molecule has 0 aliphatic heterocycles. The van der Waals surface area contributed by atoms with Crippen molar-refractivity contribution in [2.24, 2.45) is 5.73 Å². The quantitative estimate of drug-likeness (QED) is 0.884. The van der Waals surface area contributed by atoms with Crippen molar-refractivity contribution < 1.29 is 9.84 Å². The van der Waals surface area contributed by atoms with Gasteiger partial charge < -0.3 is 15.6 Å². The van der Waals surface area contributed by atoms with Crippen LogP contribution in [-0.2, 0) is 19.8 Å². The molecule has 0 unspecified atom stereocenters. The number of benzene rings is 2. The fourth-order valence-electron chi connectivity index (χ4n) is 1.69. The molecule has 0 atom stereocenters. The second-order valence-electron chi connectivity index (χ2n) is 4.22. The van der Waals surface area contributed by atoms with E-state index < -0.39 is 0 Å². The first-order valence-corrected chi connectivity index (χ1v) is 6.40. The summed E-state index contributed by atoms with van der Waals surface area (Å²) in [5, 5.41) is 9.58. The number of ether oxygens (including phenoxy) is 1. The Bertz CT molecular complexity index is 540. The van der Waals surface area contributed by atoms with Gasteiger partial charge in [-0.05, 0) is 28.8 Å². The molecule has 2 aromatic carbocycles. The molecule has 0 aliphatic carbocycles. The monoisotopic (exact) mass is 277 g/mol. The maximum absolute atomic E-state index is 8.96. The highest BCUT2D eigenvalue weighted by atomic mass is 35.5. The minimum Gasteiger partial charge on any atom is -0.489 e. The molecule has 100 valence electrons. The molecule has 3 nitrogen and oxygen atoms in total. The van der Waals surface area contributed by atoms with Gasteiger partial charge in [0.2, 0.25) is 0 Å². The predicted octanol–water partition coefficient (Wildman–Crippen LogP) is 2.87. The molecule has 0 saturated carbocycles. The third kappa shape index (κ3) is 3.70. The summed E-state index contributed by atoms with van der Waals surface area (Å²) >= 11 is 6.06. The zero-order chi connectivity index (χ0) is 13.7. The van der Waals surface area contributed by atoms with Gasteiger partial charge in [0.05, 0.1) is 6.61 Å². The number of nitrogens with two attached hydrogens (primary N) is 1. The van der Waals surface area contributed by atoms with Crippen LogP contribution in [0.3, 0.4) is 0 Å². The molecule has 0 fully saturated rings. The summed E-state index contributed by atoms with van der Waals surface area (Å²) in [7, 11) is 0. The standard InChI is InChI=1S/C15H16ClNO2/c16-15-7-14(6-5-13(15)8-17)19-10-12-3-1-11(9-18)2-4-12/h1-7,18H,8-10,17H2. The number of rotatable bonds is 5. The number of hydrogen-bond acceptors (Lipinski definition) is 3. The maximum Gasteiger partial charge on any atom is 0.121 e. The molecule has 19 heavy (non-hydrogen) atoms. The van der Waals surface area contributed by atoms with Crippen molar-refractivity contribution in [3.63, 3.8) is 0 Å². The largest absolute Gasteiger partial charge is 0.489 e. The molecule has 4 heteroatoms. The van der Waals surface area contributed by atoms with Crippen LogP contribution in [0.25, 0.3) is 0 Å². The van der Waals surface area contributed by atoms with Crippen LogP contribution in [-0.4, -0.2) is 5.11 Å². The lowest BCUT2D eigenvalue weighted by Crippen LogP contribution is -1.99. The van der Waals surface area contributed by atoms with Crippen molar-refractivity contribution in [1.29, 1.82) is 0 Å². The van der Waals surface area contributed by atoms with Gasteiger partial charge in [0.25, 0.3) is 0 Å². The zero-order valence-corrected chi connectivity index (χ0v) is 11.2. The van der Waals surface area contributed by atoms with Crippen molar-refractivity contribution >= 4 is 11.6 Å². The Balaban J connectivity index is 1.99. The molecule has 0 aromatic heterocycles. The lowest BCUT2D eigenvalue weighted by atomic mass is 10.1. The topological polar surface area (TPSA) is 55.5 Å². The van der Waals surface area contributed by atoms with Crippen LogP contribution in [0.15, 0.2) is 42.5 Å². The summed E-state index contributed by atoms with van der Waals surface area (Å²) in [5.41, 5.74) is 8.38. The first-order valence-electron chi connectivity index (χ1n) is 6.03. The van der Waals surface area contributed by atoms with E-state index in [1.165, 1.54) is 0 Å². The van der Waals surface area contributed by atoms with Gasteiger partial charge in [-0.25, -0.2) is 0 Å². The van der Waals surface area contributed by atoms with E-state index in [4.69, 9.17) is 27.2 Å². The third-order valence-corrected chi connectivity index (χ3v) is 3.21. The van der Waals surface area contributed by atoms with E-state index >= 15 is 0 Å². The SMILES string of the molecule is NCc1ccc(OCc2ccc(CO)cc2)cc1Cl. The van der Waals surface area contributed by atoms with Gasteiger partial charge in [-0.3, -0.25) is 0 Å². The van der Waals surface area contributed by atoms with E-state index in [1.54, 1.807) is 6.07 Å². The molecule has 0 saturated heterocycles. The number of aliphatic hydroxyl groups is 1. The Kier molecular flexibility index (Phi) is 4.80. The van der Waals surface area contributed by atoms with Crippen LogP contribution in [0.5, 0.6) is 5.75 Å². The number of hydrogen-bond donors (Lipinski definition) is 2. The molecule has 0 radical (unpaired) electrons.